The zero-order valence-electron chi connectivity index (χ0n) is 9.28. The first-order valence-corrected chi connectivity index (χ1v) is 4.85. The molecule has 6 nitrogen and oxygen atoms in total. The van der Waals surface area contributed by atoms with Crippen LogP contribution in [0.5, 0.6) is 0 Å². The lowest BCUT2D eigenvalue weighted by atomic mass is 9.86. The first kappa shape index (κ1) is 15.4. The van der Waals surface area contributed by atoms with Gasteiger partial charge < -0.3 is 26.6 Å². The number of hydrogen-bond donors (Lipinski definition) is 5. The molecule has 1 aromatic rings. The fourth-order valence-corrected chi connectivity index (χ4v) is 1.77. The summed E-state index contributed by atoms with van der Waals surface area (Å²) in [6, 6.07) is 8.19. The minimum absolute atomic E-state index is 0. The molecule has 7 N–H and O–H groups in total. The Morgan fingerprint density at radius 3 is 1.94 bits per heavy atom. The van der Waals surface area contributed by atoms with Crippen LogP contribution in [0.15, 0.2) is 24.3 Å². The van der Waals surface area contributed by atoms with Crippen molar-refractivity contribution in [2.45, 2.75) is 19.1 Å². The average Bonchev–Trinajstić information content (AvgIpc) is 2.15. The molecular formula is C11H17NO5. The van der Waals surface area contributed by atoms with E-state index in [1.807, 2.05) is 18.2 Å². The molecule has 0 aliphatic heterocycles. The average molecular weight is 243 g/mol. The van der Waals surface area contributed by atoms with Crippen molar-refractivity contribution in [3.05, 3.63) is 35.4 Å². The lowest BCUT2D eigenvalue weighted by Gasteiger charge is -2.23. The molecule has 0 saturated carbocycles. The summed E-state index contributed by atoms with van der Waals surface area (Å²) >= 11 is 0. The Morgan fingerprint density at radius 2 is 1.59 bits per heavy atom. The molecule has 0 amide bonds. The van der Waals surface area contributed by atoms with Gasteiger partial charge >= 0.3 is 6.16 Å². The fourth-order valence-electron chi connectivity index (χ4n) is 1.77. The normalized spacial score (nSPS) is 13.4. The predicted molar refractivity (Wildman–Crippen MR) is 61.2 cm³/mol. The van der Waals surface area contributed by atoms with Crippen molar-refractivity contribution < 1.29 is 25.2 Å². The smallest absolute Gasteiger partial charge is 0.450 e. The molecule has 1 aliphatic carbocycles. The van der Waals surface area contributed by atoms with Crippen LogP contribution < -0.4 is 6.15 Å². The van der Waals surface area contributed by atoms with Crippen LogP contribution in [0.3, 0.4) is 0 Å². The van der Waals surface area contributed by atoms with Crippen molar-refractivity contribution in [3.63, 3.8) is 0 Å². The standard InChI is InChI=1S/C10H12O2.CH2O3.H3N/c11-10(12)9-5-7-2-1-3-8(4-7)6-9;2-1(3)4;/h1-4,9-12H,5-6H2;(H2,2,3,4);1H3. The summed E-state index contributed by atoms with van der Waals surface area (Å²) in [7, 11) is 0. The molecule has 0 aromatic heterocycles. The summed E-state index contributed by atoms with van der Waals surface area (Å²) in [5, 5.41) is 32.0. The van der Waals surface area contributed by atoms with Crippen LogP contribution in [0.2, 0.25) is 0 Å². The summed E-state index contributed by atoms with van der Waals surface area (Å²) in [6.07, 6.45) is -1.44. The van der Waals surface area contributed by atoms with Crippen molar-refractivity contribution >= 4 is 6.16 Å². The van der Waals surface area contributed by atoms with E-state index in [0.717, 1.165) is 12.8 Å². The zero-order valence-corrected chi connectivity index (χ0v) is 9.28. The van der Waals surface area contributed by atoms with E-state index in [-0.39, 0.29) is 12.1 Å². The lowest BCUT2D eigenvalue weighted by molar-refractivity contribution is -0.0840. The van der Waals surface area contributed by atoms with E-state index in [2.05, 4.69) is 6.07 Å². The molecule has 0 spiro atoms. The number of benzene rings is 1. The second-order valence-electron chi connectivity index (χ2n) is 3.68. The topological polar surface area (TPSA) is 133 Å². The van der Waals surface area contributed by atoms with Crippen LogP contribution in [0.25, 0.3) is 0 Å². The number of fused-ring (bicyclic) bond motifs is 2. The molecule has 1 aromatic carbocycles. The fraction of sp³-hybridized carbons (Fsp3) is 0.364. The Kier molecular flexibility index (Phi) is 6.19. The molecule has 2 bridgehead atoms. The van der Waals surface area contributed by atoms with Gasteiger partial charge in [-0.05, 0) is 24.0 Å². The van der Waals surface area contributed by atoms with Crippen molar-refractivity contribution in [2.75, 3.05) is 0 Å². The first-order chi connectivity index (χ1) is 7.49. The largest absolute Gasteiger partial charge is 0.503 e. The first-order valence-electron chi connectivity index (χ1n) is 4.85. The Hall–Kier alpha value is -1.63. The van der Waals surface area contributed by atoms with Crippen LogP contribution in [-0.4, -0.2) is 32.9 Å². The van der Waals surface area contributed by atoms with Crippen LogP contribution in [0.1, 0.15) is 11.1 Å². The number of aliphatic hydroxyl groups is 2. The Labute approximate surface area is 98.7 Å². The van der Waals surface area contributed by atoms with Gasteiger partial charge in [0.15, 0.2) is 6.29 Å². The Morgan fingerprint density at radius 1 is 1.18 bits per heavy atom. The van der Waals surface area contributed by atoms with Gasteiger partial charge in [-0.25, -0.2) is 4.79 Å². The molecule has 2 rings (SSSR count). The molecule has 0 unspecified atom stereocenters. The van der Waals surface area contributed by atoms with E-state index in [4.69, 9.17) is 25.2 Å². The predicted octanol–water partition coefficient (Wildman–Crippen LogP) is 1.10. The molecule has 96 valence electrons. The minimum Gasteiger partial charge on any atom is -0.450 e. The van der Waals surface area contributed by atoms with E-state index in [9.17, 15) is 0 Å². The van der Waals surface area contributed by atoms with E-state index >= 15 is 0 Å². The molecule has 0 fully saturated rings. The zero-order chi connectivity index (χ0) is 12.1. The van der Waals surface area contributed by atoms with Crippen molar-refractivity contribution in [2.24, 2.45) is 5.92 Å². The third-order valence-corrected chi connectivity index (χ3v) is 2.41. The van der Waals surface area contributed by atoms with Gasteiger partial charge in [0.2, 0.25) is 0 Å². The highest BCUT2D eigenvalue weighted by atomic mass is 16.6. The summed E-state index contributed by atoms with van der Waals surface area (Å²) in [5.74, 6) is -0.0128. The molecule has 1 aliphatic rings. The molecular weight excluding hydrogens is 226 g/mol. The Bertz CT molecular complexity index is 341. The van der Waals surface area contributed by atoms with Crippen LogP contribution >= 0.6 is 0 Å². The second-order valence-corrected chi connectivity index (χ2v) is 3.68. The molecule has 0 heterocycles. The summed E-state index contributed by atoms with van der Waals surface area (Å²) in [6.45, 7) is 0. The summed E-state index contributed by atoms with van der Waals surface area (Å²) in [4.78, 5) is 8.56. The third kappa shape index (κ3) is 5.30. The third-order valence-electron chi connectivity index (χ3n) is 2.41. The van der Waals surface area contributed by atoms with Gasteiger partial charge in [-0.1, -0.05) is 24.3 Å². The minimum atomic E-state index is -1.83. The summed E-state index contributed by atoms with van der Waals surface area (Å²) in [5.41, 5.74) is 2.41. The van der Waals surface area contributed by atoms with Crippen molar-refractivity contribution in [1.29, 1.82) is 0 Å². The van der Waals surface area contributed by atoms with Gasteiger partial charge in [0.25, 0.3) is 0 Å². The number of hydrogen-bond acceptors (Lipinski definition) is 4. The van der Waals surface area contributed by atoms with E-state index in [1.165, 1.54) is 11.1 Å². The maximum atomic E-state index is 9.01. The van der Waals surface area contributed by atoms with Gasteiger partial charge in [0.05, 0.1) is 0 Å². The van der Waals surface area contributed by atoms with E-state index < -0.39 is 12.4 Å². The van der Waals surface area contributed by atoms with Gasteiger partial charge in [0.1, 0.15) is 0 Å². The number of rotatable bonds is 1. The van der Waals surface area contributed by atoms with Crippen LogP contribution in [0, 0.1) is 5.92 Å². The highest BCUT2D eigenvalue weighted by Crippen LogP contribution is 2.23. The van der Waals surface area contributed by atoms with Crippen molar-refractivity contribution in [3.8, 4) is 0 Å². The SMILES string of the molecule is N.O=C(O)O.OC(O)C1Cc2cccc(c2)C1. The van der Waals surface area contributed by atoms with Gasteiger partial charge in [-0.2, -0.15) is 0 Å². The highest BCUT2D eigenvalue weighted by Gasteiger charge is 2.21. The number of carboxylic acid groups (broad SMARTS) is 2. The molecule has 0 saturated heterocycles. The maximum Gasteiger partial charge on any atom is 0.503 e. The Balaban J connectivity index is 0.000000453. The monoisotopic (exact) mass is 243 g/mol. The van der Waals surface area contributed by atoms with Crippen LogP contribution in [0.4, 0.5) is 4.79 Å². The molecule has 0 atom stereocenters. The molecule has 6 heteroatoms. The number of carbonyl (C=O) groups is 1. The van der Waals surface area contributed by atoms with E-state index in [1.54, 1.807) is 0 Å². The number of aliphatic hydroxyl groups excluding tert-OH is 1. The molecule has 0 radical (unpaired) electrons. The maximum absolute atomic E-state index is 9.01. The van der Waals surface area contributed by atoms with E-state index in [0.29, 0.717) is 0 Å². The molecule has 17 heavy (non-hydrogen) atoms. The van der Waals surface area contributed by atoms with Gasteiger partial charge in [0, 0.05) is 5.92 Å². The van der Waals surface area contributed by atoms with Crippen molar-refractivity contribution in [1.82, 2.24) is 6.15 Å². The lowest BCUT2D eigenvalue weighted by Crippen LogP contribution is -2.26. The highest BCUT2D eigenvalue weighted by molar-refractivity contribution is 5.53. The van der Waals surface area contributed by atoms with Gasteiger partial charge in [-0.15, -0.1) is 0 Å². The van der Waals surface area contributed by atoms with Gasteiger partial charge in [-0.3, -0.25) is 0 Å². The second kappa shape index (κ2) is 6.85. The van der Waals surface area contributed by atoms with Crippen LogP contribution in [-0.2, 0) is 12.8 Å². The summed E-state index contributed by atoms with van der Waals surface area (Å²) < 4.78 is 0. The quantitative estimate of drug-likeness (QED) is 0.469.